The second-order valence-corrected chi connectivity index (χ2v) is 17.8. The van der Waals surface area contributed by atoms with Crippen molar-refractivity contribution >= 4 is 44.9 Å². The molecule has 0 bridgehead atoms. The van der Waals surface area contributed by atoms with Crippen LogP contribution in [0.15, 0.2) is 188 Å². The minimum Gasteiger partial charge on any atom is -0.310 e. The molecule has 0 aliphatic heterocycles. The number of rotatable bonds is 6. The van der Waals surface area contributed by atoms with Crippen molar-refractivity contribution in [2.45, 2.75) is 45.4 Å². The molecule has 0 saturated carbocycles. The summed E-state index contributed by atoms with van der Waals surface area (Å²) in [5.41, 5.74) is 19.9. The third-order valence-electron chi connectivity index (χ3n) is 12.6. The van der Waals surface area contributed by atoms with Crippen LogP contribution in [0, 0.1) is 0 Å². The van der Waals surface area contributed by atoms with Crippen LogP contribution in [0.3, 0.4) is 0 Å². The molecule has 4 heteroatoms. The lowest BCUT2D eigenvalue weighted by atomic mass is 9.82. The van der Waals surface area contributed by atoms with Crippen LogP contribution in [0.4, 0.5) is 17.1 Å². The van der Waals surface area contributed by atoms with E-state index in [1.807, 2.05) is 0 Å². The highest BCUT2D eigenvalue weighted by molar-refractivity contribution is 5.95. The van der Waals surface area contributed by atoms with Gasteiger partial charge in [-0.2, -0.15) is 0 Å². The summed E-state index contributed by atoms with van der Waals surface area (Å²) in [4.78, 5) is 7.63. The van der Waals surface area contributed by atoms with Gasteiger partial charge in [0.05, 0.1) is 22.1 Å². The Labute approximate surface area is 351 Å². The Kier molecular flexibility index (Phi) is 8.05. The minimum absolute atomic E-state index is 0.107. The second kappa shape index (κ2) is 13.4. The van der Waals surface area contributed by atoms with Gasteiger partial charge < -0.3 is 4.90 Å². The average Bonchev–Trinajstić information content (AvgIpc) is 3.88. The maximum atomic E-state index is 5.17. The highest BCUT2D eigenvalue weighted by atomic mass is 15.2. The first-order valence-electron chi connectivity index (χ1n) is 21.0. The monoisotopic (exact) mass is 774 g/mol. The Hall–Kier alpha value is -7.17. The molecule has 1 aliphatic carbocycles. The van der Waals surface area contributed by atoms with Crippen LogP contribution >= 0.6 is 0 Å². The van der Waals surface area contributed by atoms with Crippen molar-refractivity contribution in [3.8, 4) is 39.1 Å². The lowest BCUT2D eigenvalue weighted by molar-refractivity contribution is 0.590. The van der Waals surface area contributed by atoms with Crippen LogP contribution in [0.2, 0.25) is 0 Å². The van der Waals surface area contributed by atoms with E-state index in [2.05, 4.69) is 237 Å². The lowest BCUT2D eigenvalue weighted by Crippen LogP contribution is -2.17. The van der Waals surface area contributed by atoms with Crippen molar-refractivity contribution in [1.29, 1.82) is 0 Å². The molecule has 0 saturated heterocycles. The Morgan fingerprint density at radius 1 is 0.467 bits per heavy atom. The van der Waals surface area contributed by atoms with Gasteiger partial charge >= 0.3 is 0 Å². The summed E-state index contributed by atoms with van der Waals surface area (Å²) in [5.74, 6) is 0.908. The number of anilines is 3. The summed E-state index contributed by atoms with van der Waals surface area (Å²) in [6.07, 6.45) is 0. The van der Waals surface area contributed by atoms with E-state index in [9.17, 15) is 0 Å². The van der Waals surface area contributed by atoms with Crippen molar-refractivity contribution in [2.24, 2.45) is 0 Å². The van der Waals surface area contributed by atoms with Crippen molar-refractivity contribution < 1.29 is 0 Å². The fraction of sp³-hybridized carbons (Fsp3) is 0.125. The minimum atomic E-state index is -0.127. The van der Waals surface area contributed by atoms with Crippen molar-refractivity contribution in [1.82, 2.24) is 14.0 Å². The summed E-state index contributed by atoms with van der Waals surface area (Å²) in [6.45, 7) is 11.7. The maximum absolute atomic E-state index is 5.17. The zero-order valence-corrected chi connectivity index (χ0v) is 34.7. The molecule has 290 valence electrons. The maximum Gasteiger partial charge on any atom is 0.220 e. The molecule has 1 aliphatic rings. The summed E-state index contributed by atoms with van der Waals surface area (Å²) in [6, 6.07) is 68.8. The third-order valence-corrected chi connectivity index (χ3v) is 12.6. The molecule has 0 spiro atoms. The second-order valence-electron chi connectivity index (χ2n) is 17.8. The van der Waals surface area contributed by atoms with E-state index in [1.165, 1.54) is 44.5 Å². The van der Waals surface area contributed by atoms with E-state index >= 15 is 0 Å². The van der Waals surface area contributed by atoms with Gasteiger partial charge in [-0.25, -0.2) is 4.98 Å². The zero-order valence-electron chi connectivity index (χ0n) is 34.7. The Bertz CT molecular complexity index is 3250. The molecule has 8 aromatic carbocycles. The highest BCUT2D eigenvalue weighted by Crippen LogP contribution is 2.51. The van der Waals surface area contributed by atoms with Crippen molar-refractivity contribution in [3.63, 3.8) is 0 Å². The van der Waals surface area contributed by atoms with E-state index in [0.717, 1.165) is 56.2 Å². The van der Waals surface area contributed by atoms with Crippen LogP contribution < -0.4 is 4.90 Å². The first-order valence-corrected chi connectivity index (χ1v) is 21.0. The van der Waals surface area contributed by atoms with Crippen molar-refractivity contribution in [3.05, 3.63) is 205 Å². The number of nitrogens with zero attached hydrogens (tertiary/aromatic N) is 4. The number of aromatic nitrogens is 3. The van der Waals surface area contributed by atoms with Crippen LogP contribution in [-0.4, -0.2) is 14.0 Å². The molecular formula is C56H46N4. The average molecular weight is 775 g/mol. The van der Waals surface area contributed by atoms with Gasteiger partial charge in [-0.1, -0.05) is 150 Å². The van der Waals surface area contributed by atoms with E-state index in [4.69, 9.17) is 4.98 Å². The summed E-state index contributed by atoms with van der Waals surface area (Å²) < 4.78 is 4.60. The quantitative estimate of drug-likeness (QED) is 0.168. The molecule has 0 unspecified atom stereocenters. The fourth-order valence-corrected chi connectivity index (χ4v) is 9.46. The smallest absolute Gasteiger partial charge is 0.220 e. The molecule has 11 rings (SSSR count). The summed E-state index contributed by atoms with van der Waals surface area (Å²) in [7, 11) is 0. The van der Waals surface area contributed by atoms with E-state index in [-0.39, 0.29) is 10.8 Å². The first kappa shape index (κ1) is 36.0. The van der Waals surface area contributed by atoms with Gasteiger partial charge in [-0.15, -0.1) is 0 Å². The molecular weight excluding hydrogens is 729 g/mol. The lowest BCUT2D eigenvalue weighted by Gasteiger charge is -2.30. The predicted molar refractivity (Wildman–Crippen MR) is 251 cm³/mol. The van der Waals surface area contributed by atoms with Crippen LogP contribution in [0.5, 0.6) is 0 Å². The highest BCUT2D eigenvalue weighted by Gasteiger charge is 2.36. The molecule has 0 radical (unpaired) electrons. The van der Waals surface area contributed by atoms with Gasteiger partial charge in [-0.05, 0) is 128 Å². The molecule has 4 nitrogen and oxygen atoms in total. The number of imidazole rings is 2. The topological polar surface area (TPSA) is 25.5 Å². The van der Waals surface area contributed by atoms with Gasteiger partial charge in [0.1, 0.15) is 0 Å². The molecule has 0 fully saturated rings. The number of hydrogen-bond acceptors (Lipinski definition) is 2. The van der Waals surface area contributed by atoms with Crippen molar-refractivity contribution in [2.75, 3.05) is 4.90 Å². The van der Waals surface area contributed by atoms with Crippen LogP contribution in [0.25, 0.3) is 66.9 Å². The van der Waals surface area contributed by atoms with Gasteiger partial charge in [0, 0.05) is 28.2 Å². The van der Waals surface area contributed by atoms with Gasteiger partial charge in [0.15, 0.2) is 0 Å². The van der Waals surface area contributed by atoms with E-state index in [0.29, 0.717) is 0 Å². The van der Waals surface area contributed by atoms with E-state index < -0.39 is 0 Å². The standard InChI is InChI=1S/C56H46N4/c1-55(2,3)41-32-40(39-26-31-52-53(34-39)60-51-23-15-14-22-50(51)57-54(60)59(52)42-18-10-7-11-19-42)33-45(35-41)58(43-27-24-38(25-28-43)37-16-8-6-9-17-37)44-29-30-47-46-20-12-13-21-48(46)56(4,5)49(47)36-44/h6-36H,1-5H3. The molecule has 10 aromatic rings. The molecule has 0 N–H and O–H groups in total. The zero-order chi connectivity index (χ0) is 40.8. The number of hydrogen-bond donors (Lipinski definition) is 0. The Morgan fingerprint density at radius 3 is 1.90 bits per heavy atom. The van der Waals surface area contributed by atoms with Crippen LogP contribution in [0.1, 0.15) is 51.3 Å². The molecule has 60 heavy (non-hydrogen) atoms. The van der Waals surface area contributed by atoms with E-state index in [1.54, 1.807) is 0 Å². The van der Waals surface area contributed by atoms with Gasteiger partial charge in [0.25, 0.3) is 0 Å². The van der Waals surface area contributed by atoms with Gasteiger partial charge in [-0.3, -0.25) is 8.97 Å². The number of fused-ring (bicyclic) bond motifs is 8. The number of benzene rings is 8. The van der Waals surface area contributed by atoms with Crippen LogP contribution in [-0.2, 0) is 10.8 Å². The molecule has 0 atom stereocenters. The summed E-state index contributed by atoms with van der Waals surface area (Å²) in [5, 5.41) is 0. The Balaban J connectivity index is 1.13. The van der Waals surface area contributed by atoms with Gasteiger partial charge in [0.2, 0.25) is 5.78 Å². The first-order chi connectivity index (χ1) is 29.1. The largest absolute Gasteiger partial charge is 0.310 e. The Morgan fingerprint density at radius 2 is 1.12 bits per heavy atom. The molecule has 0 amide bonds. The fourth-order valence-electron chi connectivity index (χ4n) is 9.46. The SMILES string of the molecule is CC(C)(C)c1cc(-c2ccc3c(c2)n2c4ccccc4nc2n3-c2ccccc2)cc(N(c2ccc(-c3ccccc3)cc2)c2ccc3c(c2)C(C)(C)c2ccccc2-3)c1. The molecule has 2 aromatic heterocycles. The normalized spacial score (nSPS) is 13.2. The third kappa shape index (κ3) is 5.70. The molecule has 2 heterocycles. The summed E-state index contributed by atoms with van der Waals surface area (Å²) >= 11 is 0. The number of para-hydroxylation sites is 3. The predicted octanol–water partition coefficient (Wildman–Crippen LogP) is 14.8.